The molecule has 0 atom stereocenters. The Morgan fingerprint density at radius 3 is 2.67 bits per heavy atom. The number of nitrogens with one attached hydrogen (secondary N) is 2. The van der Waals surface area contributed by atoms with Gasteiger partial charge in [0.25, 0.3) is 5.91 Å². The molecule has 2 aromatic carbocycles. The number of hydrogen-bond donors (Lipinski definition) is 2. The predicted octanol–water partition coefficient (Wildman–Crippen LogP) is 4.01. The zero-order chi connectivity index (χ0) is 15.2. The quantitative estimate of drug-likeness (QED) is 0.876. The number of hydrogen-bond acceptors (Lipinski definition) is 2. The molecule has 0 unspecified atom stereocenters. The summed E-state index contributed by atoms with van der Waals surface area (Å²) in [5, 5.41) is 6.79. The Kier molecular flexibility index (Phi) is 5.37. The van der Waals surface area contributed by atoms with Crippen LogP contribution in [-0.2, 0) is 6.54 Å². The van der Waals surface area contributed by atoms with E-state index in [-0.39, 0.29) is 5.91 Å². The lowest BCUT2D eigenvalue weighted by Crippen LogP contribution is -2.17. The molecule has 0 spiro atoms. The fourth-order valence-electron chi connectivity index (χ4n) is 2.12. The molecule has 110 valence electrons. The summed E-state index contributed by atoms with van der Waals surface area (Å²) in [7, 11) is 0. The molecule has 0 fully saturated rings. The second kappa shape index (κ2) is 7.25. The number of halogens is 1. The molecule has 2 N–H and O–H groups in total. The Bertz CT molecular complexity index is 620. The molecule has 4 heteroatoms. The second-order valence-electron chi connectivity index (χ2n) is 4.91. The van der Waals surface area contributed by atoms with Gasteiger partial charge in [-0.25, -0.2) is 0 Å². The van der Waals surface area contributed by atoms with Gasteiger partial charge in [0.05, 0.1) is 0 Å². The van der Waals surface area contributed by atoms with Gasteiger partial charge in [-0.05, 0) is 48.9 Å². The fourth-order valence-corrected chi connectivity index (χ4v) is 2.41. The van der Waals surface area contributed by atoms with Crippen molar-refractivity contribution in [1.82, 2.24) is 5.32 Å². The molecular formula is C17H19ClN2O. The van der Waals surface area contributed by atoms with E-state index in [0.29, 0.717) is 10.6 Å². The van der Waals surface area contributed by atoms with Gasteiger partial charge in [0.1, 0.15) is 0 Å². The number of anilines is 1. The van der Waals surface area contributed by atoms with Crippen molar-refractivity contribution in [2.45, 2.75) is 20.4 Å². The lowest BCUT2D eigenvalue weighted by Gasteiger charge is -2.12. The van der Waals surface area contributed by atoms with Gasteiger partial charge in [-0.2, -0.15) is 0 Å². The third-order valence-corrected chi connectivity index (χ3v) is 3.35. The lowest BCUT2D eigenvalue weighted by molar-refractivity contribution is 0.102. The van der Waals surface area contributed by atoms with Gasteiger partial charge >= 0.3 is 0 Å². The van der Waals surface area contributed by atoms with Crippen LogP contribution in [0, 0.1) is 6.92 Å². The monoisotopic (exact) mass is 302 g/mol. The molecule has 2 rings (SSSR count). The first-order valence-corrected chi connectivity index (χ1v) is 7.35. The van der Waals surface area contributed by atoms with E-state index in [2.05, 4.69) is 17.6 Å². The number of carbonyl (C=O) groups is 1. The standard InChI is InChI=1S/C17H19ClN2O/c1-3-19-11-13-6-4-5-7-16(13)20-17(21)14-8-12(2)9-15(18)10-14/h4-10,19H,3,11H2,1-2H3,(H,20,21). The van der Waals surface area contributed by atoms with Gasteiger partial charge in [-0.3, -0.25) is 4.79 Å². The van der Waals surface area contributed by atoms with E-state index in [9.17, 15) is 4.79 Å². The highest BCUT2D eigenvalue weighted by Gasteiger charge is 2.10. The molecule has 3 nitrogen and oxygen atoms in total. The van der Waals surface area contributed by atoms with Crippen LogP contribution in [0.4, 0.5) is 5.69 Å². The van der Waals surface area contributed by atoms with Crippen molar-refractivity contribution in [3.05, 3.63) is 64.2 Å². The summed E-state index contributed by atoms with van der Waals surface area (Å²) in [4.78, 5) is 12.4. The number of carbonyl (C=O) groups excluding carboxylic acids is 1. The van der Waals surface area contributed by atoms with Gasteiger partial charge in [-0.1, -0.05) is 36.7 Å². The molecule has 0 saturated heterocycles. The van der Waals surface area contributed by atoms with Crippen LogP contribution in [0.5, 0.6) is 0 Å². The van der Waals surface area contributed by atoms with Crippen molar-refractivity contribution in [2.75, 3.05) is 11.9 Å². The fraction of sp³-hybridized carbons (Fsp3) is 0.235. The Hall–Kier alpha value is -1.84. The average Bonchev–Trinajstić information content (AvgIpc) is 2.45. The van der Waals surface area contributed by atoms with Crippen molar-refractivity contribution >= 4 is 23.2 Å². The third kappa shape index (κ3) is 4.31. The van der Waals surface area contributed by atoms with Crippen molar-refractivity contribution in [1.29, 1.82) is 0 Å². The Morgan fingerprint density at radius 2 is 1.95 bits per heavy atom. The first-order chi connectivity index (χ1) is 10.1. The van der Waals surface area contributed by atoms with Crippen LogP contribution in [0.3, 0.4) is 0 Å². The summed E-state index contributed by atoms with van der Waals surface area (Å²) < 4.78 is 0. The van der Waals surface area contributed by atoms with Gasteiger partial charge in [0.15, 0.2) is 0 Å². The molecule has 1 amide bonds. The zero-order valence-corrected chi connectivity index (χ0v) is 13.0. The summed E-state index contributed by atoms with van der Waals surface area (Å²) in [6.45, 7) is 5.58. The molecule has 2 aromatic rings. The van der Waals surface area contributed by atoms with Gasteiger partial charge < -0.3 is 10.6 Å². The molecule has 0 aromatic heterocycles. The van der Waals surface area contributed by atoms with Crippen LogP contribution in [0.25, 0.3) is 0 Å². The molecule has 0 radical (unpaired) electrons. The lowest BCUT2D eigenvalue weighted by atomic mass is 10.1. The summed E-state index contributed by atoms with van der Waals surface area (Å²) in [5.41, 5.74) is 3.42. The minimum Gasteiger partial charge on any atom is -0.322 e. The maximum absolute atomic E-state index is 12.4. The van der Waals surface area contributed by atoms with Crippen molar-refractivity contribution in [3.8, 4) is 0 Å². The topological polar surface area (TPSA) is 41.1 Å². The number of aryl methyl sites for hydroxylation is 1. The summed E-state index contributed by atoms with van der Waals surface area (Å²) >= 11 is 6.01. The number of rotatable bonds is 5. The van der Waals surface area contributed by atoms with Gasteiger partial charge in [0, 0.05) is 22.8 Å². The van der Waals surface area contributed by atoms with Crippen LogP contribution in [0.2, 0.25) is 5.02 Å². The minimum absolute atomic E-state index is 0.149. The summed E-state index contributed by atoms with van der Waals surface area (Å²) in [6.07, 6.45) is 0. The number of para-hydroxylation sites is 1. The van der Waals surface area contributed by atoms with Crippen molar-refractivity contribution in [3.63, 3.8) is 0 Å². The second-order valence-corrected chi connectivity index (χ2v) is 5.35. The summed E-state index contributed by atoms with van der Waals surface area (Å²) in [5.74, 6) is -0.149. The Balaban J connectivity index is 2.19. The molecule has 0 saturated carbocycles. The molecule has 21 heavy (non-hydrogen) atoms. The Morgan fingerprint density at radius 1 is 1.19 bits per heavy atom. The van der Waals surface area contributed by atoms with Crippen molar-refractivity contribution in [2.24, 2.45) is 0 Å². The van der Waals surface area contributed by atoms with Crippen molar-refractivity contribution < 1.29 is 4.79 Å². The molecule has 0 aliphatic carbocycles. The molecule has 0 aliphatic heterocycles. The zero-order valence-electron chi connectivity index (χ0n) is 12.2. The highest BCUT2D eigenvalue weighted by molar-refractivity contribution is 6.31. The Labute approximate surface area is 130 Å². The van der Waals surface area contributed by atoms with Crippen LogP contribution in [-0.4, -0.2) is 12.5 Å². The molecule has 0 heterocycles. The predicted molar refractivity (Wildman–Crippen MR) is 88.0 cm³/mol. The van der Waals surface area contributed by atoms with Crippen LogP contribution in [0.15, 0.2) is 42.5 Å². The molecule has 0 bridgehead atoms. The van der Waals surface area contributed by atoms with Crippen LogP contribution < -0.4 is 10.6 Å². The van der Waals surface area contributed by atoms with E-state index in [1.807, 2.05) is 43.3 Å². The maximum Gasteiger partial charge on any atom is 0.255 e. The maximum atomic E-state index is 12.4. The average molecular weight is 303 g/mol. The van der Waals surface area contributed by atoms with E-state index in [4.69, 9.17) is 11.6 Å². The van der Waals surface area contributed by atoms with Crippen LogP contribution >= 0.6 is 11.6 Å². The van der Waals surface area contributed by atoms with Gasteiger partial charge in [-0.15, -0.1) is 0 Å². The highest BCUT2D eigenvalue weighted by Crippen LogP contribution is 2.19. The molecule has 0 aliphatic rings. The first kappa shape index (κ1) is 15.5. The number of benzene rings is 2. The van der Waals surface area contributed by atoms with E-state index < -0.39 is 0 Å². The van der Waals surface area contributed by atoms with E-state index in [1.165, 1.54) is 0 Å². The smallest absolute Gasteiger partial charge is 0.255 e. The van der Waals surface area contributed by atoms with E-state index in [0.717, 1.165) is 29.9 Å². The third-order valence-electron chi connectivity index (χ3n) is 3.14. The first-order valence-electron chi connectivity index (χ1n) is 6.97. The summed E-state index contributed by atoms with van der Waals surface area (Å²) in [6, 6.07) is 13.1. The highest BCUT2D eigenvalue weighted by atomic mass is 35.5. The van der Waals surface area contributed by atoms with Crippen LogP contribution in [0.1, 0.15) is 28.4 Å². The van der Waals surface area contributed by atoms with Gasteiger partial charge in [0.2, 0.25) is 0 Å². The SMILES string of the molecule is CCNCc1ccccc1NC(=O)c1cc(C)cc(Cl)c1. The number of amides is 1. The minimum atomic E-state index is -0.149. The van der Waals surface area contributed by atoms with E-state index in [1.54, 1.807) is 6.07 Å². The largest absolute Gasteiger partial charge is 0.322 e. The molecular weight excluding hydrogens is 284 g/mol. The normalized spacial score (nSPS) is 10.4. The van der Waals surface area contributed by atoms with E-state index >= 15 is 0 Å².